The Bertz CT molecular complexity index is 675. The molecule has 7 heteroatoms. The van der Waals surface area contributed by atoms with Crippen molar-refractivity contribution in [3.05, 3.63) is 28.8 Å². The third-order valence-corrected chi connectivity index (χ3v) is 4.54. The Balaban J connectivity index is 1.53. The smallest absolute Gasteiger partial charge is 0.180 e. The minimum absolute atomic E-state index is 0.634. The standard InChI is InChI=1S/C17H23N3O3S/c1-21-14-9-16-15(22-6-3-7-23-16)8-12(14)10-19-5-2-4-13-11-24-17(18)20-13/h8-9,11,19H,2-7,10H2,1H3,(H2,18,20). The molecular weight excluding hydrogens is 326 g/mol. The van der Waals surface area contributed by atoms with Crippen LogP contribution in [0.15, 0.2) is 17.5 Å². The lowest BCUT2D eigenvalue weighted by molar-refractivity contribution is 0.296. The SMILES string of the molecule is COc1cc2c(cc1CNCCCc1csc(N)n1)OCCCO2. The molecule has 0 saturated heterocycles. The Morgan fingerprint density at radius 2 is 2.08 bits per heavy atom. The Kier molecular flexibility index (Phi) is 5.77. The molecule has 0 bridgehead atoms. The first-order chi connectivity index (χ1) is 11.8. The molecule has 0 unspecified atom stereocenters. The highest BCUT2D eigenvalue weighted by Gasteiger charge is 2.15. The van der Waals surface area contributed by atoms with Crippen LogP contribution >= 0.6 is 11.3 Å². The number of nitrogens with one attached hydrogen (secondary N) is 1. The summed E-state index contributed by atoms with van der Waals surface area (Å²) in [5.41, 5.74) is 7.77. The van der Waals surface area contributed by atoms with Gasteiger partial charge in [0, 0.05) is 30.0 Å². The van der Waals surface area contributed by atoms with E-state index in [9.17, 15) is 0 Å². The lowest BCUT2D eigenvalue weighted by atomic mass is 10.1. The zero-order valence-corrected chi connectivity index (χ0v) is 14.7. The highest BCUT2D eigenvalue weighted by Crippen LogP contribution is 2.36. The fourth-order valence-electron chi connectivity index (χ4n) is 2.62. The number of nitrogens with zero attached hydrogens (tertiary/aromatic N) is 1. The molecule has 1 aliphatic heterocycles. The molecule has 2 heterocycles. The van der Waals surface area contributed by atoms with E-state index >= 15 is 0 Å². The number of anilines is 1. The van der Waals surface area contributed by atoms with E-state index in [4.69, 9.17) is 19.9 Å². The minimum atomic E-state index is 0.634. The lowest BCUT2D eigenvalue weighted by Gasteiger charge is -2.14. The number of benzene rings is 1. The first-order valence-corrected chi connectivity index (χ1v) is 9.01. The number of thiazole rings is 1. The molecule has 1 aromatic carbocycles. The van der Waals surface area contributed by atoms with Crippen molar-refractivity contribution >= 4 is 16.5 Å². The first kappa shape index (κ1) is 16.9. The number of hydrogen-bond donors (Lipinski definition) is 2. The van der Waals surface area contributed by atoms with E-state index in [1.165, 1.54) is 11.3 Å². The van der Waals surface area contributed by atoms with E-state index < -0.39 is 0 Å². The molecule has 2 aromatic rings. The van der Waals surface area contributed by atoms with Gasteiger partial charge in [-0.05, 0) is 25.5 Å². The Labute approximate surface area is 145 Å². The first-order valence-electron chi connectivity index (χ1n) is 8.13. The van der Waals surface area contributed by atoms with Crippen LogP contribution in [0.3, 0.4) is 0 Å². The van der Waals surface area contributed by atoms with Gasteiger partial charge in [-0.3, -0.25) is 0 Å². The number of aryl methyl sites for hydroxylation is 1. The van der Waals surface area contributed by atoms with Crippen LogP contribution in [0.1, 0.15) is 24.1 Å². The van der Waals surface area contributed by atoms with Gasteiger partial charge in [0.2, 0.25) is 0 Å². The molecule has 0 fully saturated rings. The van der Waals surface area contributed by atoms with Gasteiger partial charge < -0.3 is 25.3 Å². The molecule has 1 aliphatic rings. The highest BCUT2D eigenvalue weighted by molar-refractivity contribution is 7.13. The van der Waals surface area contributed by atoms with Gasteiger partial charge in [-0.25, -0.2) is 4.98 Å². The maximum Gasteiger partial charge on any atom is 0.180 e. The van der Waals surface area contributed by atoms with Crippen LogP contribution in [0, 0.1) is 0 Å². The summed E-state index contributed by atoms with van der Waals surface area (Å²) in [6.45, 7) is 2.98. The van der Waals surface area contributed by atoms with Crippen molar-refractivity contribution in [2.24, 2.45) is 0 Å². The van der Waals surface area contributed by atoms with E-state index in [0.717, 1.165) is 60.9 Å². The fraction of sp³-hybridized carbons (Fsp3) is 0.471. The van der Waals surface area contributed by atoms with Crippen LogP contribution in [0.4, 0.5) is 5.13 Å². The summed E-state index contributed by atoms with van der Waals surface area (Å²) in [7, 11) is 1.68. The summed E-state index contributed by atoms with van der Waals surface area (Å²) in [5, 5.41) is 6.09. The summed E-state index contributed by atoms with van der Waals surface area (Å²) in [4.78, 5) is 4.27. The number of aromatic nitrogens is 1. The third-order valence-electron chi connectivity index (χ3n) is 3.82. The van der Waals surface area contributed by atoms with Gasteiger partial charge in [0.15, 0.2) is 16.6 Å². The fourth-order valence-corrected chi connectivity index (χ4v) is 3.21. The Hall–Kier alpha value is -1.99. The molecule has 0 saturated carbocycles. The van der Waals surface area contributed by atoms with Crippen LogP contribution in [0.5, 0.6) is 17.2 Å². The number of nitrogen functional groups attached to an aromatic ring is 1. The lowest BCUT2D eigenvalue weighted by Crippen LogP contribution is -2.16. The number of rotatable bonds is 7. The van der Waals surface area contributed by atoms with Crippen molar-refractivity contribution < 1.29 is 14.2 Å². The average molecular weight is 349 g/mol. The molecule has 0 atom stereocenters. The van der Waals surface area contributed by atoms with Gasteiger partial charge in [0.25, 0.3) is 0 Å². The second-order valence-corrected chi connectivity index (χ2v) is 6.51. The summed E-state index contributed by atoms with van der Waals surface area (Å²) >= 11 is 1.49. The molecule has 6 nitrogen and oxygen atoms in total. The largest absolute Gasteiger partial charge is 0.496 e. The van der Waals surface area contributed by atoms with Gasteiger partial charge in [-0.1, -0.05) is 0 Å². The molecule has 0 amide bonds. The van der Waals surface area contributed by atoms with Crippen LogP contribution in [-0.2, 0) is 13.0 Å². The second-order valence-electron chi connectivity index (χ2n) is 5.62. The summed E-state index contributed by atoms with van der Waals surface area (Å²) in [5.74, 6) is 2.37. The van der Waals surface area contributed by atoms with Crippen LogP contribution in [-0.4, -0.2) is 31.9 Å². The minimum Gasteiger partial charge on any atom is -0.496 e. The van der Waals surface area contributed by atoms with E-state index in [0.29, 0.717) is 18.3 Å². The predicted molar refractivity (Wildman–Crippen MR) is 95.2 cm³/mol. The van der Waals surface area contributed by atoms with Crippen molar-refractivity contribution in [1.29, 1.82) is 0 Å². The van der Waals surface area contributed by atoms with Gasteiger partial charge in [0.05, 0.1) is 26.0 Å². The van der Waals surface area contributed by atoms with Crippen LogP contribution in [0.25, 0.3) is 0 Å². The number of hydrogen-bond acceptors (Lipinski definition) is 7. The number of ether oxygens (including phenoxy) is 3. The van der Waals surface area contributed by atoms with E-state index in [-0.39, 0.29) is 0 Å². The molecule has 130 valence electrons. The molecule has 1 aromatic heterocycles. The number of methoxy groups -OCH3 is 1. The van der Waals surface area contributed by atoms with Crippen molar-refractivity contribution in [3.8, 4) is 17.2 Å². The maximum atomic E-state index is 5.75. The van der Waals surface area contributed by atoms with Crippen LogP contribution < -0.4 is 25.3 Å². The third kappa shape index (κ3) is 4.30. The van der Waals surface area contributed by atoms with Crippen molar-refractivity contribution in [3.63, 3.8) is 0 Å². The molecule has 0 aliphatic carbocycles. The molecule has 0 radical (unpaired) electrons. The summed E-state index contributed by atoms with van der Waals surface area (Å²) < 4.78 is 16.9. The van der Waals surface area contributed by atoms with Crippen molar-refractivity contribution in [1.82, 2.24) is 10.3 Å². The molecule has 3 N–H and O–H groups in total. The number of nitrogens with two attached hydrogens (primary N) is 1. The van der Waals surface area contributed by atoms with Crippen molar-refractivity contribution in [2.45, 2.75) is 25.8 Å². The van der Waals surface area contributed by atoms with E-state index in [1.807, 2.05) is 17.5 Å². The van der Waals surface area contributed by atoms with Gasteiger partial charge in [0.1, 0.15) is 5.75 Å². The molecule has 24 heavy (non-hydrogen) atoms. The van der Waals surface area contributed by atoms with E-state index in [1.54, 1.807) is 7.11 Å². The topological polar surface area (TPSA) is 78.6 Å². The Morgan fingerprint density at radius 1 is 1.29 bits per heavy atom. The highest BCUT2D eigenvalue weighted by atomic mass is 32.1. The van der Waals surface area contributed by atoms with Crippen molar-refractivity contribution in [2.75, 3.05) is 32.6 Å². The van der Waals surface area contributed by atoms with Gasteiger partial charge >= 0.3 is 0 Å². The second kappa shape index (κ2) is 8.21. The van der Waals surface area contributed by atoms with E-state index in [2.05, 4.69) is 10.3 Å². The van der Waals surface area contributed by atoms with Gasteiger partial charge in [-0.15, -0.1) is 11.3 Å². The molecular formula is C17H23N3O3S. The zero-order valence-electron chi connectivity index (χ0n) is 13.8. The zero-order chi connectivity index (χ0) is 16.8. The summed E-state index contributed by atoms with van der Waals surface area (Å²) in [6, 6.07) is 3.92. The number of fused-ring (bicyclic) bond motifs is 1. The molecule has 0 spiro atoms. The summed E-state index contributed by atoms with van der Waals surface area (Å²) in [6.07, 6.45) is 2.83. The Morgan fingerprint density at radius 3 is 2.79 bits per heavy atom. The average Bonchev–Trinajstić information content (AvgIpc) is 2.87. The molecule has 3 rings (SSSR count). The quantitative estimate of drug-likeness (QED) is 0.748. The van der Waals surface area contributed by atoms with Crippen LogP contribution in [0.2, 0.25) is 0 Å². The predicted octanol–water partition coefficient (Wildman–Crippen LogP) is 2.62. The monoisotopic (exact) mass is 349 g/mol. The maximum absolute atomic E-state index is 5.75. The normalized spacial score (nSPS) is 13.5. The van der Waals surface area contributed by atoms with Gasteiger partial charge in [-0.2, -0.15) is 0 Å².